The number of piperidine rings is 1. The summed E-state index contributed by atoms with van der Waals surface area (Å²) in [6, 6.07) is 7.06. The molecule has 1 saturated heterocycles. The number of aryl methyl sites for hydroxylation is 1. The first kappa shape index (κ1) is 19.1. The van der Waals surface area contributed by atoms with Crippen molar-refractivity contribution in [2.45, 2.75) is 32.7 Å². The third-order valence-electron chi connectivity index (χ3n) is 5.05. The molecule has 1 fully saturated rings. The first-order chi connectivity index (χ1) is 13.0. The molecule has 0 spiro atoms. The zero-order chi connectivity index (χ0) is 19.1. The van der Waals surface area contributed by atoms with Crippen LogP contribution >= 0.6 is 0 Å². The Kier molecular flexibility index (Phi) is 6.24. The van der Waals surface area contributed by atoms with Crippen LogP contribution in [0.2, 0.25) is 0 Å². The molecule has 1 aliphatic heterocycles. The van der Waals surface area contributed by atoms with Gasteiger partial charge in [0.25, 0.3) is 5.91 Å². The SMILES string of the molecule is CC1(CNC(=O)c2cccc(NC(=O)CCn3ccnc3)c2)CCNCC1. The molecule has 7 heteroatoms. The number of carbonyl (C=O) groups is 2. The van der Waals surface area contributed by atoms with Crippen molar-refractivity contribution < 1.29 is 9.59 Å². The molecule has 2 aromatic rings. The number of anilines is 1. The third kappa shape index (κ3) is 5.65. The van der Waals surface area contributed by atoms with E-state index in [2.05, 4.69) is 27.9 Å². The minimum Gasteiger partial charge on any atom is -0.351 e. The highest BCUT2D eigenvalue weighted by molar-refractivity contribution is 5.97. The van der Waals surface area contributed by atoms with E-state index in [1.807, 2.05) is 10.8 Å². The maximum absolute atomic E-state index is 12.5. The fraction of sp³-hybridized carbons (Fsp3) is 0.450. The van der Waals surface area contributed by atoms with E-state index in [0.29, 0.717) is 30.8 Å². The topological polar surface area (TPSA) is 88.1 Å². The second kappa shape index (κ2) is 8.81. The lowest BCUT2D eigenvalue weighted by Gasteiger charge is -2.34. The smallest absolute Gasteiger partial charge is 0.251 e. The van der Waals surface area contributed by atoms with Gasteiger partial charge in [0.15, 0.2) is 0 Å². The predicted octanol–water partition coefficient (Wildman–Crippen LogP) is 2.03. The van der Waals surface area contributed by atoms with Crippen LogP contribution in [0.15, 0.2) is 43.0 Å². The van der Waals surface area contributed by atoms with Crippen LogP contribution in [0, 0.1) is 5.41 Å². The standard InChI is InChI=1S/C20H27N5O2/c1-20(6-8-21-9-7-20)14-23-19(27)16-3-2-4-17(13-16)24-18(26)5-11-25-12-10-22-15-25/h2-4,10,12-13,15,21H,5-9,11,14H2,1H3,(H,23,27)(H,24,26). The predicted molar refractivity (Wildman–Crippen MR) is 104 cm³/mol. The number of hydrogen-bond donors (Lipinski definition) is 3. The maximum atomic E-state index is 12.5. The molecule has 2 heterocycles. The van der Waals surface area contributed by atoms with Gasteiger partial charge in [0.1, 0.15) is 0 Å². The molecule has 27 heavy (non-hydrogen) atoms. The molecule has 1 aromatic heterocycles. The van der Waals surface area contributed by atoms with Crippen molar-refractivity contribution in [3.05, 3.63) is 48.5 Å². The first-order valence-electron chi connectivity index (χ1n) is 9.39. The van der Waals surface area contributed by atoms with Gasteiger partial charge in [-0.05, 0) is 49.5 Å². The van der Waals surface area contributed by atoms with Gasteiger partial charge in [-0.3, -0.25) is 9.59 Å². The largest absolute Gasteiger partial charge is 0.351 e. The number of benzene rings is 1. The highest BCUT2D eigenvalue weighted by atomic mass is 16.2. The Labute approximate surface area is 159 Å². The highest BCUT2D eigenvalue weighted by Crippen LogP contribution is 2.26. The average molecular weight is 369 g/mol. The molecule has 0 aliphatic carbocycles. The first-order valence-corrected chi connectivity index (χ1v) is 9.39. The summed E-state index contributed by atoms with van der Waals surface area (Å²) in [7, 11) is 0. The number of nitrogens with zero attached hydrogens (tertiary/aromatic N) is 2. The van der Waals surface area contributed by atoms with Crippen LogP contribution < -0.4 is 16.0 Å². The molecule has 2 amide bonds. The summed E-state index contributed by atoms with van der Waals surface area (Å²) in [6.45, 7) is 5.43. The fourth-order valence-corrected chi connectivity index (χ4v) is 3.21. The second-order valence-corrected chi connectivity index (χ2v) is 7.42. The number of imidazole rings is 1. The Morgan fingerprint density at radius 2 is 2.11 bits per heavy atom. The minimum absolute atomic E-state index is 0.0940. The minimum atomic E-state index is -0.107. The van der Waals surface area contributed by atoms with Gasteiger partial charge >= 0.3 is 0 Å². The molecule has 0 bridgehead atoms. The van der Waals surface area contributed by atoms with Gasteiger partial charge in [0.05, 0.1) is 6.33 Å². The Balaban J connectivity index is 1.51. The van der Waals surface area contributed by atoms with E-state index in [0.717, 1.165) is 25.9 Å². The van der Waals surface area contributed by atoms with Crippen molar-refractivity contribution in [2.24, 2.45) is 5.41 Å². The van der Waals surface area contributed by atoms with Gasteiger partial charge in [-0.15, -0.1) is 0 Å². The molecule has 7 nitrogen and oxygen atoms in total. The van der Waals surface area contributed by atoms with E-state index >= 15 is 0 Å². The normalized spacial score (nSPS) is 15.9. The number of carbonyl (C=O) groups excluding carboxylic acids is 2. The van der Waals surface area contributed by atoms with Crippen molar-refractivity contribution >= 4 is 17.5 Å². The van der Waals surface area contributed by atoms with Crippen molar-refractivity contribution in [2.75, 3.05) is 25.0 Å². The van der Waals surface area contributed by atoms with Crippen LogP contribution in [0.5, 0.6) is 0 Å². The molecule has 0 atom stereocenters. The number of aromatic nitrogens is 2. The Bertz CT molecular complexity index is 766. The summed E-state index contributed by atoms with van der Waals surface area (Å²) in [5, 5.41) is 9.24. The van der Waals surface area contributed by atoms with E-state index < -0.39 is 0 Å². The van der Waals surface area contributed by atoms with Gasteiger partial charge in [0.2, 0.25) is 5.91 Å². The number of nitrogens with one attached hydrogen (secondary N) is 3. The zero-order valence-corrected chi connectivity index (χ0v) is 15.7. The molecule has 1 aliphatic rings. The van der Waals surface area contributed by atoms with E-state index in [9.17, 15) is 9.59 Å². The highest BCUT2D eigenvalue weighted by Gasteiger charge is 2.27. The Morgan fingerprint density at radius 1 is 1.30 bits per heavy atom. The molecular formula is C20H27N5O2. The summed E-state index contributed by atoms with van der Waals surface area (Å²) in [5.74, 6) is -0.201. The van der Waals surface area contributed by atoms with Crippen LogP contribution in [0.3, 0.4) is 0 Å². The molecule has 0 saturated carbocycles. The monoisotopic (exact) mass is 369 g/mol. The fourth-order valence-electron chi connectivity index (χ4n) is 3.21. The Morgan fingerprint density at radius 3 is 2.85 bits per heavy atom. The van der Waals surface area contributed by atoms with E-state index in [1.165, 1.54) is 0 Å². The van der Waals surface area contributed by atoms with Gasteiger partial charge in [-0.2, -0.15) is 0 Å². The van der Waals surface area contributed by atoms with Crippen LogP contribution in [0.25, 0.3) is 0 Å². The van der Waals surface area contributed by atoms with Crippen LogP contribution in [0.1, 0.15) is 36.5 Å². The van der Waals surface area contributed by atoms with E-state index in [-0.39, 0.29) is 17.2 Å². The maximum Gasteiger partial charge on any atom is 0.251 e. The molecule has 3 N–H and O–H groups in total. The summed E-state index contributed by atoms with van der Waals surface area (Å²) >= 11 is 0. The molecule has 144 valence electrons. The lowest BCUT2D eigenvalue weighted by molar-refractivity contribution is -0.116. The summed E-state index contributed by atoms with van der Waals surface area (Å²) in [4.78, 5) is 28.6. The summed E-state index contributed by atoms with van der Waals surface area (Å²) in [6.07, 6.45) is 7.65. The number of hydrogen-bond acceptors (Lipinski definition) is 4. The van der Waals surface area contributed by atoms with Crippen molar-refractivity contribution in [3.63, 3.8) is 0 Å². The van der Waals surface area contributed by atoms with E-state index in [4.69, 9.17) is 0 Å². The van der Waals surface area contributed by atoms with Gasteiger partial charge < -0.3 is 20.5 Å². The lowest BCUT2D eigenvalue weighted by Crippen LogP contribution is -2.42. The van der Waals surface area contributed by atoms with Crippen LogP contribution in [-0.4, -0.2) is 41.0 Å². The molecule has 0 radical (unpaired) electrons. The van der Waals surface area contributed by atoms with Gasteiger partial charge in [-0.1, -0.05) is 13.0 Å². The number of rotatable bonds is 7. The van der Waals surface area contributed by atoms with E-state index in [1.54, 1.807) is 36.8 Å². The van der Waals surface area contributed by atoms with Crippen molar-refractivity contribution in [1.29, 1.82) is 0 Å². The molecule has 1 aromatic carbocycles. The van der Waals surface area contributed by atoms with Gasteiger partial charge in [0, 0.05) is 43.2 Å². The van der Waals surface area contributed by atoms with Crippen molar-refractivity contribution in [3.8, 4) is 0 Å². The zero-order valence-electron chi connectivity index (χ0n) is 15.7. The summed E-state index contributed by atoms with van der Waals surface area (Å²) in [5.41, 5.74) is 1.33. The molecular weight excluding hydrogens is 342 g/mol. The quantitative estimate of drug-likeness (QED) is 0.697. The average Bonchev–Trinajstić information content (AvgIpc) is 3.19. The lowest BCUT2D eigenvalue weighted by atomic mass is 9.81. The van der Waals surface area contributed by atoms with Crippen LogP contribution in [-0.2, 0) is 11.3 Å². The molecule has 3 rings (SSSR count). The third-order valence-corrected chi connectivity index (χ3v) is 5.05. The molecule has 0 unspecified atom stereocenters. The van der Waals surface area contributed by atoms with Crippen molar-refractivity contribution in [1.82, 2.24) is 20.2 Å². The van der Waals surface area contributed by atoms with Crippen LogP contribution in [0.4, 0.5) is 5.69 Å². The number of amides is 2. The van der Waals surface area contributed by atoms with Gasteiger partial charge in [-0.25, -0.2) is 4.98 Å². The second-order valence-electron chi connectivity index (χ2n) is 7.42. The Hall–Kier alpha value is -2.67. The summed E-state index contributed by atoms with van der Waals surface area (Å²) < 4.78 is 1.85.